The van der Waals surface area contributed by atoms with Crippen molar-refractivity contribution in [1.82, 2.24) is 15.2 Å². The number of nitrogens with zero attached hydrogens (tertiary/aromatic N) is 3. The van der Waals surface area contributed by atoms with Crippen molar-refractivity contribution in [3.63, 3.8) is 0 Å². The second kappa shape index (κ2) is 4.22. The molecule has 0 aliphatic carbocycles. The molecule has 0 saturated carbocycles. The molecule has 0 unspecified atom stereocenters. The summed E-state index contributed by atoms with van der Waals surface area (Å²) in [4.78, 5) is 6.13. The summed E-state index contributed by atoms with van der Waals surface area (Å²) in [6.07, 6.45) is 0. The van der Waals surface area contributed by atoms with E-state index in [1.165, 1.54) is 5.56 Å². The number of aromatic nitrogens is 3. The maximum absolute atomic E-state index is 4.28. The summed E-state index contributed by atoms with van der Waals surface area (Å²) >= 11 is 0. The van der Waals surface area contributed by atoms with Crippen LogP contribution < -0.4 is 10.2 Å². The Hall–Kier alpha value is -2.04. The molecular formula is C11H15N5. The van der Waals surface area contributed by atoms with Crippen LogP contribution in [-0.2, 0) is 0 Å². The van der Waals surface area contributed by atoms with Crippen molar-refractivity contribution < 1.29 is 0 Å². The quantitative estimate of drug-likeness (QED) is 0.824. The zero-order chi connectivity index (χ0) is 11.5. The number of benzene rings is 1. The summed E-state index contributed by atoms with van der Waals surface area (Å²) in [7, 11) is 3.80. The van der Waals surface area contributed by atoms with Crippen LogP contribution in [0.25, 0.3) is 0 Å². The number of anilines is 3. The molecule has 16 heavy (non-hydrogen) atoms. The van der Waals surface area contributed by atoms with Crippen LogP contribution in [0.15, 0.2) is 24.3 Å². The first-order valence-electron chi connectivity index (χ1n) is 5.08. The normalized spacial score (nSPS) is 10.2. The van der Waals surface area contributed by atoms with Gasteiger partial charge >= 0.3 is 0 Å². The smallest absolute Gasteiger partial charge is 0.245 e. The van der Waals surface area contributed by atoms with Crippen LogP contribution >= 0.6 is 0 Å². The molecule has 1 aromatic carbocycles. The minimum atomic E-state index is 0.648. The highest BCUT2D eigenvalue weighted by Crippen LogP contribution is 2.15. The molecule has 0 atom stereocenters. The Kier molecular flexibility index (Phi) is 2.76. The van der Waals surface area contributed by atoms with Gasteiger partial charge in [0.2, 0.25) is 11.9 Å². The van der Waals surface area contributed by atoms with Gasteiger partial charge in [-0.3, -0.25) is 0 Å². The van der Waals surface area contributed by atoms with Crippen LogP contribution in [0.5, 0.6) is 0 Å². The van der Waals surface area contributed by atoms with E-state index in [0.717, 1.165) is 5.69 Å². The van der Waals surface area contributed by atoms with E-state index in [1.54, 1.807) is 0 Å². The average molecular weight is 217 g/mol. The first-order chi connectivity index (χ1) is 7.65. The minimum absolute atomic E-state index is 0.648. The van der Waals surface area contributed by atoms with E-state index in [1.807, 2.05) is 31.1 Å². The number of aryl methyl sites for hydroxylation is 1. The Morgan fingerprint density at radius 3 is 2.75 bits per heavy atom. The molecule has 5 nitrogen and oxygen atoms in total. The number of H-pyrrole nitrogens is 1. The summed E-state index contributed by atoms with van der Waals surface area (Å²) in [5, 5.41) is 10.1. The van der Waals surface area contributed by atoms with Gasteiger partial charge in [0, 0.05) is 19.8 Å². The lowest BCUT2D eigenvalue weighted by Crippen LogP contribution is -2.10. The van der Waals surface area contributed by atoms with Gasteiger partial charge in [-0.2, -0.15) is 4.98 Å². The van der Waals surface area contributed by atoms with Gasteiger partial charge in [0.05, 0.1) is 0 Å². The molecule has 2 rings (SSSR count). The molecule has 0 fully saturated rings. The first-order valence-corrected chi connectivity index (χ1v) is 5.08. The minimum Gasteiger partial charge on any atom is -0.346 e. The number of hydrogen-bond acceptors (Lipinski definition) is 4. The Morgan fingerprint density at radius 2 is 2.12 bits per heavy atom. The van der Waals surface area contributed by atoms with Gasteiger partial charge < -0.3 is 10.2 Å². The molecule has 1 heterocycles. The van der Waals surface area contributed by atoms with E-state index < -0.39 is 0 Å². The Morgan fingerprint density at radius 1 is 1.31 bits per heavy atom. The number of nitrogens with one attached hydrogen (secondary N) is 2. The van der Waals surface area contributed by atoms with E-state index in [-0.39, 0.29) is 0 Å². The van der Waals surface area contributed by atoms with Gasteiger partial charge in [-0.1, -0.05) is 12.1 Å². The van der Waals surface area contributed by atoms with Crippen molar-refractivity contribution in [3.8, 4) is 0 Å². The molecule has 2 N–H and O–H groups in total. The number of aromatic amines is 1. The fourth-order valence-electron chi connectivity index (χ4n) is 1.37. The van der Waals surface area contributed by atoms with Crippen LogP contribution in [0.3, 0.4) is 0 Å². The molecule has 0 amide bonds. The Labute approximate surface area is 94.5 Å². The monoisotopic (exact) mass is 217 g/mol. The summed E-state index contributed by atoms with van der Waals surface area (Å²) < 4.78 is 0. The summed E-state index contributed by atoms with van der Waals surface area (Å²) in [6, 6.07) is 8.10. The van der Waals surface area contributed by atoms with Crippen LogP contribution in [0.4, 0.5) is 17.6 Å². The molecule has 0 spiro atoms. The van der Waals surface area contributed by atoms with Gasteiger partial charge in [0.15, 0.2) is 0 Å². The molecule has 0 aliphatic rings. The molecular weight excluding hydrogens is 202 g/mol. The first kappa shape index (κ1) is 10.5. The van der Waals surface area contributed by atoms with Gasteiger partial charge in [0.1, 0.15) is 0 Å². The molecule has 0 saturated heterocycles. The van der Waals surface area contributed by atoms with Gasteiger partial charge in [0.25, 0.3) is 0 Å². The van der Waals surface area contributed by atoms with Crippen LogP contribution in [0.2, 0.25) is 0 Å². The van der Waals surface area contributed by atoms with Crippen molar-refractivity contribution in [3.05, 3.63) is 29.8 Å². The van der Waals surface area contributed by atoms with Crippen molar-refractivity contribution in [2.24, 2.45) is 0 Å². The molecule has 84 valence electrons. The molecule has 0 aliphatic heterocycles. The van der Waals surface area contributed by atoms with E-state index in [2.05, 4.69) is 39.6 Å². The standard InChI is InChI=1S/C11H15N5/c1-8-5-4-6-9(7-8)12-10-13-11(15-14-10)16(2)3/h4-7H,1-3H3,(H2,12,13,14,15). The highest BCUT2D eigenvalue weighted by Gasteiger charge is 2.04. The zero-order valence-electron chi connectivity index (χ0n) is 9.65. The molecule has 1 aromatic heterocycles. The van der Waals surface area contributed by atoms with Crippen LogP contribution in [0.1, 0.15) is 5.56 Å². The average Bonchev–Trinajstić information content (AvgIpc) is 2.66. The summed E-state index contributed by atoms with van der Waals surface area (Å²) in [5.74, 6) is 1.31. The van der Waals surface area contributed by atoms with Gasteiger partial charge in [-0.15, -0.1) is 5.10 Å². The maximum Gasteiger partial charge on any atom is 0.245 e. The van der Waals surface area contributed by atoms with Crippen LogP contribution in [0, 0.1) is 6.92 Å². The second-order valence-corrected chi connectivity index (χ2v) is 3.87. The maximum atomic E-state index is 4.28. The lowest BCUT2D eigenvalue weighted by Gasteiger charge is -2.04. The summed E-state index contributed by atoms with van der Waals surface area (Å²) in [5.41, 5.74) is 2.21. The fraction of sp³-hybridized carbons (Fsp3) is 0.273. The van der Waals surface area contributed by atoms with Crippen molar-refractivity contribution >= 4 is 17.6 Å². The lowest BCUT2D eigenvalue weighted by atomic mass is 10.2. The van der Waals surface area contributed by atoms with E-state index in [4.69, 9.17) is 0 Å². The lowest BCUT2D eigenvalue weighted by molar-refractivity contribution is 0.999. The van der Waals surface area contributed by atoms with E-state index in [0.29, 0.717) is 11.9 Å². The highest BCUT2D eigenvalue weighted by molar-refractivity contribution is 5.55. The number of hydrogen-bond donors (Lipinski definition) is 2. The van der Waals surface area contributed by atoms with E-state index >= 15 is 0 Å². The highest BCUT2D eigenvalue weighted by atomic mass is 15.4. The Balaban J connectivity index is 2.14. The van der Waals surface area contributed by atoms with Crippen molar-refractivity contribution in [1.29, 1.82) is 0 Å². The SMILES string of the molecule is Cc1cccc(Nc2nc(N(C)C)n[nH]2)c1. The zero-order valence-corrected chi connectivity index (χ0v) is 9.65. The van der Waals surface area contributed by atoms with Gasteiger partial charge in [-0.25, -0.2) is 5.10 Å². The predicted octanol–water partition coefficient (Wildman–Crippen LogP) is 1.92. The fourth-order valence-corrected chi connectivity index (χ4v) is 1.37. The third kappa shape index (κ3) is 2.31. The van der Waals surface area contributed by atoms with Crippen LogP contribution in [-0.4, -0.2) is 29.3 Å². The van der Waals surface area contributed by atoms with E-state index in [9.17, 15) is 0 Å². The predicted molar refractivity (Wildman–Crippen MR) is 65.2 cm³/mol. The molecule has 2 aromatic rings. The van der Waals surface area contributed by atoms with Crippen molar-refractivity contribution in [2.45, 2.75) is 6.92 Å². The topological polar surface area (TPSA) is 56.8 Å². The largest absolute Gasteiger partial charge is 0.346 e. The van der Waals surface area contributed by atoms with Crippen molar-refractivity contribution in [2.75, 3.05) is 24.3 Å². The third-order valence-electron chi connectivity index (χ3n) is 2.15. The van der Waals surface area contributed by atoms with Gasteiger partial charge in [-0.05, 0) is 24.6 Å². The Bertz CT molecular complexity index is 475. The summed E-state index contributed by atoms with van der Waals surface area (Å²) in [6.45, 7) is 2.05. The molecule has 0 radical (unpaired) electrons. The number of rotatable bonds is 3. The second-order valence-electron chi connectivity index (χ2n) is 3.87. The molecule has 0 bridgehead atoms. The third-order valence-corrected chi connectivity index (χ3v) is 2.15. The molecule has 5 heteroatoms.